The molecule has 0 bridgehead atoms. The number of nitrogens with zero attached hydrogens (tertiary/aromatic N) is 1. The van der Waals surface area contributed by atoms with Crippen molar-refractivity contribution in [3.63, 3.8) is 0 Å². The summed E-state index contributed by atoms with van der Waals surface area (Å²) in [4.78, 5) is 4.24. The highest BCUT2D eigenvalue weighted by molar-refractivity contribution is 7.89. The van der Waals surface area contributed by atoms with Crippen LogP contribution in [0.1, 0.15) is 26.2 Å². The van der Waals surface area contributed by atoms with Crippen LogP contribution in [0.4, 0.5) is 5.82 Å². The first-order valence-corrected chi connectivity index (χ1v) is 8.15. The van der Waals surface area contributed by atoms with Gasteiger partial charge in [0.25, 0.3) is 0 Å². The van der Waals surface area contributed by atoms with Gasteiger partial charge in [-0.05, 0) is 30.4 Å². The van der Waals surface area contributed by atoms with E-state index in [0.717, 1.165) is 6.42 Å². The van der Waals surface area contributed by atoms with Gasteiger partial charge in [-0.3, -0.25) is 0 Å². The topological polar surface area (TPSA) is 71.1 Å². The molecule has 0 amide bonds. The van der Waals surface area contributed by atoms with E-state index in [4.69, 9.17) is 0 Å². The highest BCUT2D eigenvalue weighted by Crippen LogP contribution is 2.30. The Kier molecular flexibility index (Phi) is 4.42. The Bertz CT molecular complexity index is 530. The second-order valence-electron chi connectivity index (χ2n) is 5.12. The van der Waals surface area contributed by atoms with Crippen molar-refractivity contribution in [1.82, 2.24) is 9.71 Å². The van der Waals surface area contributed by atoms with Gasteiger partial charge in [-0.2, -0.15) is 0 Å². The van der Waals surface area contributed by atoms with Gasteiger partial charge in [-0.15, -0.1) is 0 Å². The van der Waals surface area contributed by atoms with Crippen molar-refractivity contribution in [2.24, 2.45) is 11.8 Å². The van der Waals surface area contributed by atoms with Crippen molar-refractivity contribution >= 4 is 15.8 Å². The standard InChI is InChI=1S/C13H21N3O2S/c1-10-5-3-6-11(10)9-16-19(17,18)12-7-4-8-15-13(12)14-2/h4,7-8,10-11,16H,3,5-6,9H2,1-2H3,(H,14,15). The van der Waals surface area contributed by atoms with E-state index in [-0.39, 0.29) is 4.90 Å². The van der Waals surface area contributed by atoms with Crippen LogP contribution in [-0.2, 0) is 10.0 Å². The number of nitrogens with one attached hydrogen (secondary N) is 2. The summed E-state index contributed by atoms with van der Waals surface area (Å²) in [5, 5.41) is 2.81. The van der Waals surface area contributed by atoms with Gasteiger partial charge in [0.1, 0.15) is 10.7 Å². The first kappa shape index (κ1) is 14.3. The van der Waals surface area contributed by atoms with E-state index in [1.807, 2.05) is 0 Å². The third-order valence-corrected chi connectivity index (χ3v) is 5.33. The SMILES string of the molecule is CNc1ncccc1S(=O)(=O)NCC1CCCC1C. The fourth-order valence-corrected chi connectivity index (χ4v) is 3.87. The Labute approximate surface area is 114 Å². The molecule has 0 radical (unpaired) electrons. The van der Waals surface area contributed by atoms with E-state index in [1.165, 1.54) is 12.8 Å². The van der Waals surface area contributed by atoms with Gasteiger partial charge in [-0.25, -0.2) is 18.1 Å². The van der Waals surface area contributed by atoms with Gasteiger partial charge in [0.05, 0.1) is 0 Å². The van der Waals surface area contributed by atoms with Crippen LogP contribution in [0.25, 0.3) is 0 Å². The summed E-state index contributed by atoms with van der Waals surface area (Å²) in [6, 6.07) is 3.20. The molecule has 6 heteroatoms. The summed E-state index contributed by atoms with van der Waals surface area (Å²) >= 11 is 0. The Morgan fingerprint density at radius 3 is 2.84 bits per heavy atom. The number of aromatic nitrogens is 1. The van der Waals surface area contributed by atoms with E-state index in [2.05, 4.69) is 21.9 Å². The van der Waals surface area contributed by atoms with Crippen LogP contribution in [0, 0.1) is 11.8 Å². The predicted molar refractivity (Wildman–Crippen MR) is 75.5 cm³/mol. The molecule has 2 rings (SSSR count). The van der Waals surface area contributed by atoms with Crippen LogP contribution in [0.3, 0.4) is 0 Å². The number of pyridine rings is 1. The van der Waals surface area contributed by atoms with Crippen LogP contribution in [0.5, 0.6) is 0 Å². The molecule has 0 saturated heterocycles. The molecule has 2 N–H and O–H groups in total. The van der Waals surface area contributed by atoms with Crippen molar-refractivity contribution in [3.05, 3.63) is 18.3 Å². The van der Waals surface area contributed by atoms with Crippen molar-refractivity contribution < 1.29 is 8.42 Å². The first-order valence-electron chi connectivity index (χ1n) is 6.67. The number of sulfonamides is 1. The minimum Gasteiger partial charge on any atom is -0.372 e. The van der Waals surface area contributed by atoms with Crippen LogP contribution >= 0.6 is 0 Å². The number of hydrogen-bond donors (Lipinski definition) is 2. The Morgan fingerprint density at radius 2 is 2.21 bits per heavy atom. The molecule has 19 heavy (non-hydrogen) atoms. The second kappa shape index (κ2) is 5.88. The fraction of sp³-hybridized carbons (Fsp3) is 0.615. The molecule has 1 aliphatic rings. The lowest BCUT2D eigenvalue weighted by Gasteiger charge is -2.16. The van der Waals surface area contributed by atoms with E-state index in [0.29, 0.717) is 24.2 Å². The molecule has 0 aromatic carbocycles. The summed E-state index contributed by atoms with van der Waals surface area (Å²) < 4.78 is 27.3. The number of hydrogen-bond acceptors (Lipinski definition) is 4. The third-order valence-electron chi connectivity index (χ3n) is 3.87. The number of rotatable bonds is 5. The van der Waals surface area contributed by atoms with Crippen molar-refractivity contribution in [2.45, 2.75) is 31.1 Å². The minimum atomic E-state index is -3.49. The van der Waals surface area contributed by atoms with Gasteiger partial charge < -0.3 is 5.32 Å². The monoisotopic (exact) mass is 283 g/mol. The third kappa shape index (κ3) is 3.25. The molecule has 2 atom stereocenters. The largest absolute Gasteiger partial charge is 0.372 e. The summed E-state index contributed by atoms with van der Waals surface area (Å²) in [5.74, 6) is 1.43. The molecule has 2 unspecified atom stereocenters. The van der Waals surface area contributed by atoms with E-state index in [9.17, 15) is 8.42 Å². The average Bonchev–Trinajstić information content (AvgIpc) is 2.82. The molecule has 1 heterocycles. The van der Waals surface area contributed by atoms with Crippen molar-refractivity contribution in [2.75, 3.05) is 18.9 Å². The molecule has 1 aliphatic carbocycles. The average molecular weight is 283 g/mol. The van der Waals surface area contributed by atoms with Gasteiger partial charge in [0, 0.05) is 19.8 Å². The Morgan fingerprint density at radius 1 is 1.42 bits per heavy atom. The predicted octanol–water partition coefficient (Wildman–Crippen LogP) is 1.84. The maximum atomic E-state index is 12.3. The van der Waals surface area contributed by atoms with Crippen LogP contribution < -0.4 is 10.0 Å². The first-order chi connectivity index (χ1) is 9.04. The molecule has 0 aliphatic heterocycles. The molecule has 1 saturated carbocycles. The highest BCUT2D eigenvalue weighted by atomic mass is 32.2. The smallest absolute Gasteiger partial charge is 0.244 e. The highest BCUT2D eigenvalue weighted by Gasteiger charge is 2.26. The summed E-state index contributed by atoms with van der Waals surface area (Å²) in [5.41, 5.74) is 0. The lowest BCUT2D eigenvalue weighted by atomic mass is 9.99. The maximum Gasteiger partial charge on any atom is 0.244 e. The summed E-state index contributed by atoms with van der Waals surface area (Å²) in [7, 11) is -1.82. The van der Waals surface area contributed by atoms with Crippen LogP contribution in [-0.4, -0.2) is 27.0 Å². The zero-order chi connectivity index (χ0) is 13.9. The van der Waals surface area contributed by atoms with Crippen molar-refractivity contribution in [3.8, 4) is 0 Å². The van der Waals surface area contributed by atoms with Crippen molar-refractivity contribution in [1.29, 1.82) is 0 Å². The zero-order valence-corrected chi connectivity index (χ0v) is 12.2. The quantitative estimate of drug-likeness (QED) is 0.865. The molecule has 106 valence electrons. The molecular weight excluding hydrogens is 262 g/mol. The van der Waals surface area contributed by atoms with Crippen LogP contribution in [0.15, 0.2) is 23.2 Å². The Balaban J connectivity index is 2.09. The van der Waals surface area contributed by atoms with Gasteiger partial charge in [0.2, 0.25) is 10.0 Å². The molecule has 1 aromatic heterocycles. The zero-order valence-electron chi connectivity index (χ0n) is 11.4. The molecule has 1 aromatic rings. The lowest BCUT2D eigenvalue weighted by Crippen LogP contribution is -2.31. The molecular formula is C13H21N3O2S. The fourth-order valence-electron chi connectivity index (χ4n) is 2.62. The van der Waals surface area contributed by atoms with E-state index < -0.39 is 10.0 Å². The molecule has 1 fully saturated rings. The summed E-state index contributed by atoms with van der Waals surface area (Å²) in [6.45, 7) is 2.70. The van der Waals surface area contributed by atoms with E-state index >= 15 is 0 Å². The van der Waals surface area contributed by atoms with Gasteiger partial charge in [0.15, 0.2) is 0 Å². The van der Waals surface area contributed by atoms with Crippen LogP contribution in [0.2, 0.25) is 0 Å². The van der Waals surface area contributed by atoms with E-state index in [1.54, 1.807) is 25.4 Å². The second-order valence-corrected chi connectivity index (χ2v) is 6.86. The lowest BCUT2D eigenvalue weighted by molar-refractivity contribution is 0.414. The molecule has 0 spiro atoms. The number of anilines is 1. The molecule has 5 nitrogen and oxygen atoms in total. The Hall–Kier alpha value is -1.14. The van der Waals surface area contributed by atoms with Gasteiger partial charge in [-0.1, -0.05) is 19.8 Å². The summed E-state index contributed by atoms with van der Waals surface area (Å²) in [6.07, 6.45) is 5.07. The minimum absolute atomic E-state index is 0.211. The normalized spacial score (nSPS) is 23.5. The van der Waals surface area contributed by atoms with Gasteiger partial charge >= 0.3 is 0 Å². The maximum absolute atomic E-state index is 12.3.